The number of nitrogens with two attached hydrogens (primary N) is 1. The average Bonchev–Trinajstić information content (AvgIpc) is 2.41. The van der Waals surface area contributed by atoms with Gasteiger partial charge in [-0.1, -0.05) is 20.8 Å². The summed E-state index contributed by atoms with van der Waals surface area (Å²) in [6, 6.07) is 0.271. The minimum Gasteiger partial charge on any atom is -0.463 e. The van der Waals surface area contributed by atoms with E-state index in [0.29, 0.717) is 12.6 Å². The fourth-order valence-electron chi connectivity index (χ4n) is 1.99. The molecular formula is C13H27N7O. The van der Waals surface area contributed by atoms with Gasteiger partial charge in [0.15, 0.2) is 0 Å². The number of nitrogen functional groups attached to an aromatic ring is 1. The van der Waals surface area contributed by atoms with Gasteiger partial charge >= 0.3 is 6.01 Å². The summed E-state index contributed by atoms with van der Waals surface area (Å²) in [6.07, 6.45) is 0.885. The van der Waals surface area contributed by atoms with Gasteiger partial charge in [0.05, 0.1) is 6.61 Å². The molecule has 1 rings (SSSR count). The van der Waals surface area contributed by atoms with Crippen molar-refractivity contribution in [2.75, 3.05) is 44.5 Å². The van der Waals surface area contributed by atoms with Gasteiger partial charge in [-0.3, -0.25) is 5.43 Å². The average molecular weight is 297 g/mol. The van der Waals surface area contributed by atoms with Gasteiger partial charge < -0.3 is 15.0 Å². The predicted octanol–water partition coefficient (Wildman–Crippen LogP) is 0.946. The van der Waals surface area contributed by atoms with E-state index in [1.54, 1.807) is 0 Å². The zero-order chi connectivity index (χ0) is 15.9. The third-order valence-corrected chi connectivity index (χ3v) is 2.65. The molecular weight excluding hydrogens is 270 g/mol. The first-order valence-electron chi connectivity index (χ1n) is 7.10. The lowest BCUT2D eigenvalue weighted by Gasteiger charge is -2.28. The van der Waals surface area contributed by atoms with Crippen LogP contribution in [0, 0.1) is 5.41 Å². The van der Waals surface area contributed by atoms with Crippen LogP contribution in [0.5, 0.6) is 6.01 Å². The van der Waals surface area contributed by atoms with E-state index in [-0.39, 0.29) is 17.4 Å². The lowest BCUT2D eigenvalue weighted by Crippen LogP contribution is -2.34. The number of hydrazine groups is 1. The van der Waals surface area contributed by atoms with E-state index < -0.39 is 0 Å². The molecule has 0 atom stereocenters. The van der Waals surface area contributed by atoms with Crippen molar-refractivity contribution < 1.29 is 4.74 Å². The molecule has 0 fully saturated rings. The van der Waals surface area contributed by atoms with Crippen LogP contribution in [-0.4, -0.2) is 53.6 Å². The second kappa shape index (κ2) is 7.94. The maximum atomic E-state index is 5.43. The first kappa shape index (κ1) is 17.4. The SMILES string of the molecule is CCCOc1nc(NN)nc(NCC(C)(C)CN(C)C)n1. The molecule has 1 aromatic heterocycles. The van der Waals surface area contributed by atoms with Crippen molar-refractivity contribution in [3.05, 3.63) is 0 Å². The zero-order valence-corrected chi connectivity index (χ0v) is 13.6. The Morgan fingerprint density at radius 1 is 1.19 bits per heavy atom. The molecule has 0 aliphatic rings. The van der Waals surface area contributed by atoms with Crippen molar-refractivity contribution in [1.29, 1.82) is 0 Å². The summed E-state index contributed by atoms with van der Waals surface area (Å²) >= 11 is 0. The van der Waals surface area contributed by atoms with Gasteiger partial charge in [0.25, 0.3) is 0 Å². The highest BCUT2D eigenvalue weighted by Gasteiger charge is 2.19. The third-order valence-electron chi connectivity index (χ3n) is 2.65. The summed E-state index contributed by atoms with van der Waals surface area (Å²) in [4.78, 5) is 14.6. The topological polar surface area (TPSA) is 101 Å². The van der Waals surface area contributed by atoms with E-state index in [1.807, 2.05) is 6.92 Å². The quantitative estimate of drug-likeness (QED) is 0.457. The minimum absolute atomic E-state index is 0.0802. The molecule has 21 heavy (non-hydrogen) atoms. The van der Waals surface area contributed by atoms with E-state index in [4.69, 9.17) is 10.6 Å². The second-order valence-electron chi connectivity index (χ2n) is 6.01. The summed E-state index contributed by atoms with van der Waals surface area (Å²) in [6.45, 7) is 8.61. The van der Waals surface area contributed by atoms with Gasteiger partial charge in [-0.05, 0) is 25.9 Å². The Morgan fingerprint density at radius 2 is 1.86 bits per heavy atom. The molecule has 4 N–H and O–H groups in total. The molecule has 0 unspecified atom stereocenters. The molecule has 120 valence electrons. The molecule has 0 bridgehead atoms. The molecule has 0 aromatic carbocycles. The van der Waals surface area contributed by atoms with E-state index in [1.165, 1.54) is 0 Å². The number of hydrogen-bond acceptors (Lipinski definition) is 8. The van der Waals surface area contributed by atoms with Crippen LogP contribution in [0.25, 0.3) is 0 Å². The van der Waals surface area contributed by atoms with Gasteiger partial charge in [0.2, 0.25) is 11.9 Å². The molecule has 0 saturated heterocycles. The fourth-order valence-corrected chi connectivity index (χ4v) is 1.99. The molecule has 0 spiro atoms. The third kappa shape index (κ3) is 6.54. The molecule has 8 nitrogen and oxygen atoms in total. The molecule has 0 aliphatic carbocycles. The number of aromatic nitrogens is 3. The van der Waals surface area contributed by atoms with Crippen LogP contribution in [-0.2, 0) is 0 Å². The van der Waals surface area contributed by atoms with Gasteiger partial charge in [-0.2, -0.15) is 15.0 Å². The Bertz CT molecular complexity index is 437. The number of anilines is 2. The van der Waals surface area contributed by atoms with Crippen molar-refractivity contribution in [2.45, 2.75) is 27.2 Å². The minimum atomic E-state index is 0.0802. The van der Waals surface area contributed by atoms with Crippen molar-refractivity contribution in [2.24, 2.45) is 11.3 Å². The van der Waals surface area contributed by atoms with Crippen LogP contribution in [0.3, 0.4) is 0 Å². The highest BCUT2D eigenvalue weighted by Crippen LogP contribution is 2.17. The monoisotopic (exact) mass is 297 g/mol. The molecule has 1 heterocycles. The lowest BCUT2D eigenvalue weighted by molar-refractivity contribution is 0.253. The Hall–Kier alpha value is -1.67. The van der Waals surface area contributed by atoms with Crippen molar-refractivity contribution >= 4 is 11.9 Å². The van der Waals surface area contributed by atoms with Crippen molar-refractivity contribution in [3.8, 4) is 6.01 Å². The van der Waals surface area contributed by atoms with Crippen LogP contribution in [0.4, 0.5) is 11.9 Å². The summed E-state index contributed by atoms with van der Waals surface area (Å²) in [7, 11) is 4.11. The fraction of sp³-hybridized carbons (Fsp3) is 0.769. The van der Waals surface area contributed by atoms with Crippen LogP contribution in [0.2, 0.25) is 0 Å². The molecule has 0 radical (unpaired) electrons. The normalized spacial score (nSPS) is 11.6. The summed E-state index contributed by atoms with van der Waals surface area (Å²) < 4.78 is 5.43. The van der Waals surface area contributed by atoms with E-state index >= 15 is 0 Å². The Kier molecular flexibility index (Phi) is 6.57. The van der Waals surface area contributed by atoms with E-state index in [0.717, 1.165) is 19.5 Å². The number of ether oxygens (including phenoxy) is 1. The van der Waals surface area contributed by atoms with E-state index in [9.17, 15) is 0 Å². The summed E-state index contributed by atoms with van der Waals surface area (Å²) in [5, 5.41) is 3.22. The Morgan fingerprint density at radius 3 is 2.43 bits per heavy atom. The predicted molar refractivity (Wildman–Crippen MR) is 84.2 cm³/mol. The zero-order valence-electron chi connectivity index (χ0n) is 13.6. The maximum absolute atomic E-state index is 5.43. The van der Waals surface area contributed by atoms with Crippen molar-refractivity contribution in [1.82, 2.24) is 19.9 Å². The number of hydrogen-bond donors (Lipinski definition) is 3. The summed E-state index contributed by atoms with van der Waals surface area (Å²) in [5.74, 6) is 6.11. The van der Waals surface area contributed by atoms with Gasteiger partial charge in [-0.15, -0.1) is 0 Å². The molecule has 0 saturated carbocycles. The van der Waals surface area contributed by atoms with E-state index in [2.05, 4.69) is 58.5 Å². The van der Waals surface area contributed by atoms with Crippen LogP contribution in [0.1, 0.15) is 27.2 Å². The lowest BCUT2D eigenvalue weighted by atomic mass is 9.93. The van der Waals surface area contributed by atoms with Crippen LogP contribution in [0.15, 0.2) is 0 Å². The molecule has 1 aromatic rings. The Labute approximate surface area is 126 Å². The first-order valence-corrected chi connectivity index (χ1v) is 7.10. The van der Waals surface area contributed by atoms with Gasteiger partial charge in [0, 0.05) is 13.1 Å². The number of nitrogens with one attached hydrogen (secondary N) is 2. The van der Waals surface area contributed by atoms with Crippen LogP contribution >= 0.6 is 0 Å². The number of nitrogens with zero attached hydrogens (tertiary/aromatic N) is 4. The highest BCUT2D eigenvalue weighted by molar-refractivity contribution is 5.35. The summed E-state index contributed by atoms with van der Waals surface area (Å²) in [5.41, 5.74) is 2.50. The number of rotatable bonds is 9. The molecule has 0 aliphatic heterocycles. The molecule has 0 amide bonds. The van der Waals surface area contributed by atoms with Crippen molar-refractivity contribution in [3.63, 3.8) is 0 Å². The maximum Gasteiger partial charge on any atom is 0.323 e. The largest absolute Gasteiger partial charge is 0.463 e. The smallest absolute Gasteiger partial charge is 0.323 e. The van der Waals surface area contributed by atoms with Gasteiger partial charge in [-0.25, -0.2) is 5.84 Å². The standard InChI is InChI=1S/C13H27N7O/c1-6-7-21-12-17-10(16-11(18-12)19-14)15-8-13(2,3)9-20(4)5/h6-9,14H2,1-5H3,(H2,15,16,17,18,19). The highest BCUT2D eigenvalue weighted by atomic mass is 16.5. The van der Waals surface area contributed by atoms with Gasteiger partial charge in [0.1, 0.15) is 0 Å². The van der Waals surface area contributed by atoms with Crippen LogP contribution < -0.4 is 21.3 Å². The Balaban J connectivity index is 2.73. The molecule has 8 heteroatoms. The first-order chi connectivity index (χ1) is 9.86. The second-order valence-corrected chi connectivity index (χ2v) is 6.01.